The van der Waals surface area contributed by atoms with Crippen LogP contribution in [0.2, 0.25) is 5.02 Å². The second-order valence-electron chi connectivity index (χ2n) is 4.52. The van der Waals surface area contributed by atoms with Crippen molar-refractivity contribution >= 4 is 29.4 Å². The van der Waals surface area contributed by atoms with Crippen molar-refractivity contribution in [1.29, 1.82) is 0 Å². The summed E-state index contributed by atoms with van der Waals surface area (Å²) < 4.78 is 0.660. The molecule has 3 rings (SSSR count). The van der Waals surface area contributed by atoms with Crippen molar-refractivity contribution in [2.75, 3.05) is 5.32 Å². The SMILES string of the molecule is O=C1C=[N+]([O-])C(c2ccccc2)c2cc(Cl)ccc2N1. The van der Waals surface area contributed by atoms with E-state index in [0.717, 1.165) is 11.8 Å². The van der Waals surface area contributed by atoms with Crippen molar-refractivity contribution in [1.82, 2.24) is 0 Å². The number of nitrogens with zero attached hydrogens (tertiary/aromatic N) is 1. The Morgan fingerprint density at radius 1 is 1.15 bits per heavy atom. The molecule has 0 aromatic heterocycles. The molecule has 2 aromatic carbocycles. The molecule has 20 heavy (non-hydrogen) atoms. The summed E-state index contributed by atoms with van der Waals surface area (Å²) in [4.78, 5) is 11.7. The number of nitrogens with one attached hydrogen (secondary N) is 1. The van der Waals surface area contributed by atoms with Crippen LogP contribution in [0, 0.1) is 5.21 Å². The van der Waals surface area contributed by atoms with Gasteiger partial charge < -0.3 is 10.5 Å². The van der Waals surface area contributed by atoms with Crippen molar-refractivity contribution in [3.63, 3.8) is 0 Å². The average molecular weight is 287 g/mol. The molecule has 0 fully saturated rings. The van der Waals surface area contributed by atoms with E-state index in [-0.39, 0.29) is 0 Å². The van der Waals surface area contributed by atoms with Gasteiger partial charge in [0.2, 0.25) is 12.3 Å². The first-order chi connectivity index (χ1) is 9.65. The molecule has 0 bridgehead atoms. The Hall–Kier alpha value is -2.33. The second-order valence-corrected chi connectivity index (χ2v) is 4.96. The molecule has 0 saturated carbocycles. The highest BCUT2D eigenvalue weighted by molar-refractivity contribution is 6.32. The van der Waals surface area contributed by atoms with Crippen molar-refractivity contribution in [3.8, 4) is 0 Å². The molecule has 0 saturated heterocycles. The van der Waals surface area contributed by atoms with Crippen LogP contribution < -0.4 is 5.32 Å². The normalized spacial score (nSPS) is 17.8. The van der Waals surface area contributed by atoms with Gasteiger partial charge in [-0.2, -0.15) is 4.74 Å². The van der Waals surface area contributed by atoms with E-state index in [1.807, 2.05) is 30.3 Å². The van der Waals surface area contributed by atoms with Gasteiger partial charge in [0.15, 0.2) is 0 Å². The van der Waals surface area contributed by atoms with Gasteiger partial charge in [-0.1, -0.05) is 41.9 Å². The zero-order chi connectivity index (χ0) is 14.1. The van der Waals surface area contributed by atoms with Crippen LogP contribution in [0.15, 0.2) is 48.5 Å². The Morgan fingerprint density at radius 3 is 2.65 bits per heavy atom. The molecular weight excluding hydrogens is 276 g/mol. The number of halogens is 1. The van der Waals surface area contributed by atoms with Crippen molar-refractivity contribution in [2.24, 2.45) is 0 Å². The summed E-state index contributed by atoms with van der Waals surface area (Å²) in [5.41, 5.74) is 2.09. The van der Waals surface area contributed by atoms with Gasteiger partial charge in [-0.3, -0.25) is 4.79 Å². The molecule has 1 aliphatic heterocycles. The quantitative estimate of drug-likeness (QED) is 0.647. The van der Waals surface area contributed by atoms with Gasteiger partial charge in [-0.15, -0.1) is 0 Å². The van der Waals surface area contributed by atoms with Crippen LogP contribution in [-0.4, -0.2) is 16.9 Å². The molecular formula is C15H11ClN2O2. The number of hydroxylamine groups is 1. The fourth-order valence-corrected chi connectivity index (χ4v) is 2.51. The van der Waals surface area contributed by atoms with Gasteiger partial charge in [0.05, 0.1) is 11.3 Å². The number of hydrogen-bond donors (Lipinski definition) is 1. The maximum absolute atomic E-state index is 12.3. The van der Waals surface area contributed by atoms with Gasteiger partial charge >= 0.3 is 5.91 Å². The number of anilines is 1. The van der Waals surface area contributed by atoms with Gasteiger partial charge in [-0.05, 0) is 18.2 Å². The van der Waals surface area contributed by atoms with Crippen molar-refractivity contribution in [3.05, 3.63) is 69.9 Å². The molecule has 4 nitrogen and oxygen atoms in total. The zero-order valence-corrected chi connectivity index (χ0v) is 11.2. The van der Waals surface area contributed by atoms with Crippen LogP contribution in [-0.2, 0) is 4.79 Å². The monoisotopic (exact) mass is 286 g/mol. The lowest BCUT2D eigenvalue weighted by Gasteiger charge is -2.17. The highest BCUT2D eigenvalue weighted by Gasteiger charge is 2.29. The van der Waals surface area contributed by atoms with E-state index in [0.29, 0.717) is 21.0 Å². The Bertz CT molecular complexity index is 698. The molecule has 1 unspecified atom stereocenters. The highest BCUT2D eigenvalue weighted by Crippen LogP contribution is 2.34. The Morgan fingerprint density at radius 2 is 1.90 bits per heavy atom. The van der Waals surface area contributed by atoms with Gasteiger partial charge in [0, 0.05) is 10.6 Å². The fourth-order valence-electron chi connectivity index (χ4n) is 2.33. The molecule has 1 heterocycles. The minimum Gasteiger partial charge on any atom is -0.623 e. The molecule has 1 amide bonds. The summed E-state index contributed by atoms with van der Waals surface area (Å²) in [6.45, 7) is 0. The molecule has 1 N–H and O–H groups in total. The third-order valence-corrected chi connectivity index (χ3v) is 3.42. The molecule has 1 aliphatic rings. The van der Waals surface area contributed by atoms with Gasteiger partial charge in [0.1, 0.15) is 0 Å². The van der Waals surface area contributed by atoms with Crippen molar-refractivity contribution in [2.45, 2.75) is 6.04 Å². The van der Waals surface area contributed by atoms with E-state index in [9.17, 15) is 10.0 Å². The van der Waals surface area contributed by atoms with E-state index < -0.39 is 11.9 Å². The maximum atomic E-state index is 12.3. The van der Waals surface area contributed by atoms with E-state index in [2.05, 4.69) is 5.32 Å². The third-order valence-electron chi connectivity index (χ3n) is 3.18. The molecule has 2 aromatic rings. The van der Waals surface area contributed by atoms with E-state index in [4.69, 9.17) is 11.6 Å². The number of amides is 1. The van der Waals surface area contributed by atoms with Crippen LogP contribution in [0.25, 0.3) is 0 Å². The summed E-state index contributed by atoms with van der Waals surface area (Å²) >= 11 is 6.02. The average Bonchev–Trinajstić information content (AvgIpc) is 2.54. The highest BCUT2D eigenvalue weighted by atomic mass is 35.5. The largest absolute Gasteiger partial charge is 0.623 e. The van der Waals surface area contributed by atoms with Crippen molar-refractivity contribution < 1.29 is 9.53 Å². The molecule has 0 radical (unpaired) electrons. The first kappa shape index (κ1) is 12.7. The fraction of sp³-hybridized carbons (Fsp3) is 0.0667. The summed E-state index contributed by atoms with van der Waals surface area (Å²) in [6, 6.07) is 13.8. The summed E-state index contributed by atoms with van der Waals surface area (Å²) in [5.74, 6) is -0.443. The molecule has 1 atom stereocenters. The lowest BCUT2D eigenvalue weighted by Crippen LogP contribution is -2.18. The van der Waals surface area contributed by atoms with Crippen LogP contribution in [0.5, 0.6) is 0 Å². The van der Waals surface area contributed by atoms with E-state index in [1.165, 1.54) is 0 Å². The Labute approximate surface area is 120 Å². The number of rotatable bonds is 1. The maximum Gasteiger partial charge on any atom is 0.313 e. The van der Waals surface area contributed by atoms with Gasteiger partial charge in [0.25, 0.3) is 0 Å². The molecule has 0 spiro atoms. The van der Waals surface area contributed by atoms with Gasteiger partial charge in [-0.25, -0.2) is 0 Å². The first-order valence-corrected chi connectivity index (χ1v) is 6.48. The first-order valence-electron chi connectivity index (χ1n) is 6.11. The second kappa shape index (κ2) is 4.98. The smallest absolute Gasteiger partial charge is 0.313 e. The topological polar surface area (TPSA) is 55.2 Å². The predicted octanol–water partition coefficient (Wildman–Crippen LogP) is 2.96. The zero-order valence-electron chi connectivity index (χ0n) is 10.4. The number of hydrogen-bond acceptors (Lipinski definition) is 2. The lowest BCUT2D eigenvalue weighted by molar-refractivity contribution is -0.489. The number of carbonyl (C=O) groups is 1. The minimum absolute atomic E-state index is 0.443. The van der Waals surface area contributed by atoms with Crippen LogP contribution in [0.4, 0.5) is 5.69 Å². The van der Waals surface area contributed by atoms with E-state index in [1.54, 1.807) is 18.2 Å². The molecule has 0 aliphatic carbocycles. The number of benzene rings is 2. The number of fused-ring (bicyclic) bond motifs is 1. The third kappa shape index (κ3) is 2.26. The lowest BCUT2D eigenvalue weighted by atomic mass is 9.97. The van der Waals surface area contributed by atoms with E-state index >= 15 is 0 Å². The van der Waals surface area contributed by atoms with Crippen LogP contribution in [0.1, 0.15) is 17.2 Å². The Kier molecular flexibility index (Phi) is 3.16. The van der Waals surface area contributed by atoms with Crippen LogP contribution in [0.3, 0.4) is 0 Å². The Balaban J connectivity index is 2.23. The standard InChI is InChI=1S/C15H11ClN2O2/c16-11-6-7-13-12(8-11)15(10-4-2-1-3-5-10)18(20)9-14(19)17-13/h1-9,15H,(H,17,19). The summed E-state index contributed by atoms with van der Waals surface area (Å²) in [5, 5.41) is 15.5. The molecule has 100 valence electrons. The molecule has 5 heteroatoms. The van der Waals surface area contributed by atoms with Crippen LogP contribution >= 0.6 is 11.6 Å². The number of carbonyl (C=O) groups excluding carboxylic acids is 1. The predicted molar refractivity (Wildman–Crippen MR) is 78.1 cm³/mol. The minimum atomic E-state index is -0.594. The summed E-state index contributed by atoms with van der Waals surface area (Å²) in [6.07, 6.45) is 1.02. The summed E-state index contributed by atoms with van der Waals surface area (Å²) in [7, 11) is 0.